The highest BCUT2D eigenvalue weighted by Crippen LogP contribution is 2.27. The van der Waals surface area contributed by atoms with Gasteiger partial charge < -0.3 is 10.1 Å². The second-order valence-electron chi connectivity index (χ2n) is 6.25. The van der Waals surface area contributed by atoms with Crippen LogP contribution in [-0.2, 0) is 4.79 Å². The zero-order valence-corrected chi connectivity index (χ0v) is 15.2. The van der Waals surface area contributed by atoms with E-state index in [1.807, 2.05) is 49.9 Å². The number of aryl methyl sites for hydroxylation is 1. The topological polar surface area (TPSA) is 38.3 Å². The third-order valence-electron chi connectivity index (χ3n) is 4.24. The van der Waals surface area contributed by atoms with Crippen molar-refractivity contribution in [3.8, 4) is 5.75 Å². The summed E-state index contributed by atoms with van der Waals surface area (Å²) in [7, 11) is 0. The molecule has 3 nitrogen and oxygen atoms in total. The van der Waals surface area contributed by atoms with Gasteiger partial charge in [0.2, 0.25) is 0 Å². The Morgan fingerprint density at radius 1 is 1.35 bits per heavy atom. The summed E-state index contributed by atoms with van der Waals surface area (Å²) in [5.74, 6) is 1.76. The molecule has 1 aromatic rings. The molecule has 0 unspecified atom stereocenters. The molecule has 0 spiro atoms. The molecule has 1 aromatic carbocycles. The molecule has 0 aromatic heterocycles. The van der Waals surface area contributed by atoms with E-state index in [4.69, 9.17) is 4.74 Å². The largest absolute Gasteiger partial charge is 0.481 e. The van der Waals surface area contributed by atoms with Crippen molar-refractivity contribution in [2.75, 3.05) is 12.3 Å². The van der Waals surface area contributed by atoms with E-state index in [1.165, 1.54) is 32.1 Å². The smallest absolute Gasteiger partial charge is 0.261 e. The molecule has 128 valence electrons. The Bertz CT molecular complexity index is 486. The number of rotatable bonds is 8. The predicted molar refractivity (Wildman–Crippen MR) is 98.2 cm³/mol. The number of nitrogens with one attached hydrogen (secondary N) is 1. The van der Waals surface area contributed by atoms with Crippen LogP contribution in [0.5, 0.6) is 5.75 Å². The first kappa shape index (κ1) is 18.2. The number of carbonyl (C=O) groups excluding carboxylic acids is 1. The SMILES string of the molecule is CC[C@H](Oc1cccc(C)c1)C(=O)NCCSC1CCCCC1. The number of hydrogen-bond acceptors (Lipinski definition) is 3. The first-order chi connectivity index (χ1) is 11.2. The Morgan fingerprint density at radius 3 is 2.83 bits per heavy atom. The molecule has 1 atom stereocenters. The van der Waals surface area contributed by atoms with E-state index < -0.39 is 6.10 Å². The van der Waals surface area contributed by atoms with Crippen molar-refractivity contribution in [2.45, 2.75) is 63.7 Å². The van der Waals surface area contributed by atoms with Gasteiger partial charge in [-0.3, -0.25) is 4.79 Å². The molecule has 0 radical (unpaired) electrons. The van der Waals surface area contributed by atoms with Gasteiger partial charge in [0.05, 0.1) is 0 Å². The minimum Gasteiger partial charge on any atom is -0.481 e. The summed E-state index contributed by atoms with van der Waals surface area (Å²) in [6.07, 6.45) is 7.08. The molecule has 1 N–H and O–H groups in total. The third-order valence-corrected chi connectivity index (χ3v) is 5.62. The number of carbonyl (C=O) groups is 1. The molecule has 23 heavy (non-hydrogen) atoms. The molecule has 4 heteroatoms. The Hall–Kier alpha value is -1.16. The Kier molecular flexibility index (Phi) is 7.80. The maximum Gasteiger partial charge on any atom is 0.261 e. The minimum atomic E-state index is -0.406. The zero-order valence-electron chi connectivity index (χ0n) is 14.3. The van der Waals surface area contributed by atoms with Crippen LogP contribution in [0, 0.1) is 6.92 Å². The maximum absolute atomic E-state index is 12.3. The van der Waals surface area contributed by atoms with E-state index >= 15 is 0 Å². The van der Waals surface area contributed by atoms with Gasteiger partial charge >= 0.3 is 0 Å². The lowest BCUT2D eigenvalue weighted by molar-refractivity contribution is -0.127. The first-order valence-electron chi connectivity index (χ1n) is 8.81. The summed E-state index contributed by atoms with van der Waals surface area (Å²) in [5, 5.41) is 3.82. The van der Waals surface area contributed by atoms with Crippen LogP contribution in [0.1, 0.15) is 51.0 Å². The van der Waals surface area contributed by atoms with E-state index in [9.17, 15) is 4.79 Å². The van der Waals surface area contributed by atoms with Crippen molar-refractivity contribution in [1.82, 2.24) is 5.32 Å². The fourth-order valence-corrected chi connectivity index (χ4v) is 4.14. The van der Waals surface area contributed by atoms with E-state index in [2.05, 4.69) is 5.32 Å². The summed E-state index contributed by atoms with van der Waals surface area (Å²) < 4.78 is 5.83. The summed E-state index contributed by atoms with van der Waals surface area (Å²) in [4.78, 5) is 12.3. The minimum absolute atomic E-state index is 0.00162. The van der Waals surface area contributed by atoms with Gasteiger partial charge in [0.25, 0.3) is 5.91 Å². The van der Waals surface area contributed by atoms with E-state index in [0.29, 0.717) is 6.42 Å². The van der Waals surface area contributed by atoms with Crippen molar-refractivity contribution in [3.63, 3.8) is 0 Å². The monoisotopic (exact) mass is 335 g/mol. The summed E-state index contributed by atoms with van der Waals surface area (Å²) in [6.45, 7) is 4.74. The highest BCUT2D eigenvalue weighted by atomic mass is 32.2. The van der Waals surface area contributed by atoms with Crippen molar-refractivity contribution < 1.29 is 9.53 Å². The van der Waals surface area contributed by atoms with Crippen LogP contribution in [0.25, 0.3) is 0 Å². The summed E-state index contributed by atoms with van der Waals surface area (Å²) >= 11 is 2.01. The highest BCUT2D eigenvalue weighted by molar-refractivity contribution is 7.99. The lowest BCUT2D eigenvalue weighted by Crippen LogP contribution is -2.39. The Morgan fingerprint density at radius 2 is 2.13 bits per heavy atom. The van der Waals surface area contributed by atoms with Crippen LogP contribution >= 0.6 is 11.8 Å². The fraction of sp³-hybridized carbons (Fsp3) is 0.632. The van der Waals surface area contributed by atoms with Crippen LogP contribution in [0.15, 0.2) is 24.3 Å². The molecule has 0 bridgehead atoms. The van der Waals surface area contributed by atoms with Gasteiger partial charge in [-0.1, -0.05) is 38.3 Å². The molecule has 0 saturated heterocycles. The number of amides is 1. The van der Waals surface area contributed by atoms with Gasteiger partial charge in [-0.25, -0.2) is 0 Å². The van der Waals surface area contributed by atoms with Crippen LogP contribution in [-0.4, -0.2) is 29.6 Å². The Labute approximate surface area is 144 Å². The van der Waals surface area contributed by atoms with Gasteiger partial charge in [0, 0.05) is 17.5 Å². The molecule has 0 heterocycles. The van der Waals surface area contributed by atoms with Crippen molar-refractivity contribution in [2.24, 2.45) is 0 Å². The van der Waals surface area contributed by atoms with E-state index in [1.54, 1.807) is 0 Å². The number of benzene rings is 1. The van der Waals surface area contributed by atoms with Crippen molar-refractivity contribution >= 4 is 17.7 Å². The molecular weight excluding hydrogens is 306 g/mol. The number of thioether (sulfide) groups is 1. The fourth-order valence-electron chi connectivity index (χ4n) is 2.92. The third kappa shape index (κ3) is 6.46. The van der Waals surface area contributed by atoms with Crippen LogP contribution in [0.4, 0.5) is 0 Å². The van der Waals surface area contributed by atoms with Gasteiger partial charge in [-0.15, -0.1) is 0 Å². The average Bonchev–Trinajstić information content (AvgIpc) is 2.57. The van der Waals surface area contributed by atoms with Crippen molar-refractivity contribution in [1.29, 1.82) is 0 Å². The van der Waals surface area contributed by atoms with Gasteiger partial charge in [-0.05, 0) is 43.9 Å². The second kappa shape index (κ2) is 9.86. The molecule has 1 aliphatic rings. The maximum atomic E-state index is 12.3. The quantitative estimate of drug-likeness (QED) is 0.718. The zero-order chi connectivity index (χ0) is 16.5. The summed E-state index contributed by atoms with van der Waals surface area (Å²) in [6, 6.07) is 7.85. The molecular formula is C19H29NO2S. The van der Waals surface area contributed by atoms with Gasteiger partial charge in [0.1, 0.15) is 5.75 Å². The first-order valence-corrected chi connectivity index (χ1v) is 9.86. The summed E-state index contributed by atoms with van der Waals surface area (Å²) in [5.41, 5.74) is 1.14. The van der Waals surface area contributed by atoms with Gasteiger partial charge in [-0.2, -0.15) is 11.8 Å². The molecule has 1 fully saturated rings. The van der Waals surface area contributed by atoms with Crippen LogP contribution in [0.2, 0.25) is 0 Å². The predicted octanol–water partition coefficient (Wildman–Crippen LogP) is 4.33. The van der Waals surface area contributed by atoms with Gasteiger partial charge in [0.15, 0.2) is 6.10 Å². The second-order valence-corrected chi connectivity index (χ2v) is 7.66. The van der Waals surface area contributed by atoms with Crippen molar-refractivity contribution in [3.05, 3.63) is 29.8 Å². The number of ether oxygens (including phenoxy) is 1. The number of hydrogen-bond donors (Lipinski definition) is 1. The average molecular weight is 336 g/mol. The molecule has 2 rings (SSSR count). The molecule has 0 aliphatic heterocycles. The van der Waals surface area contributed by atoms with E-state index in [0.717, 1.165) is 28.9 Å². The Balaban J connectivity index is 1.69. The molecule has 1 saturated carbocycles. The highest BCUT2D eigenvalue weighted by Gasteiger charge is 2.18. The molecule has 1 aliphatic carbocycles. The lowest BCUT2D eigenvalue weighted by Gasteiger charge is -2.21. The van der Waals surface area contributed by atoms with Crippen LogP contribution < -0.4 is 10.1 Å². The standard InChI is InChI=1S/C19H29NO2S/c1-3-18(22-16-9-7-8-15(2)14-16)19(21)20-12-13-23-17-10-5-4-6-11-17/h7-9,14,17-18H,3-6,10-13H2,1-2H3,(H,20,21)/t18-/m0/s1. The lowest BCUT2D eigenvalue weighted by atomic mass is 10.0. The molecule has 1 amide bonds. The van der Waals surface area contributed by atoms with E-state index in [-0.39, 0.29) is 5.91 Å². The normalized spacial score (nSPS) is 16.8. The van der Waals surface area contributed by atoms with Crippen LogP contribution in [0.3, 0.4) is 0 Å².